The van der Waals surface area contributed by atoms with Gasteiger partial charge in [-0.05, 0) is 49.7 Å². The Morgan fingerprint density at radius 2 is 1.94 bits per heavy atom. The Labute approximate surface area is 189 Å². The molecule has 2 heterocycles. The van der Waals surface area contributed by atoms with Crippen molar-refractivity contribution in [2.75, 3.05) is 12.4 Å². The van der Waals surface area contributed by atoms with Gasteiger partial charge in [0.05, 0.1) is 23.3 Å². The summed E-state index contributed by atoms with van der Waals surface area (Å²) in [4.78, 5) is 35.4. The van der Waals surface area contributed by atoms with Crippen LogP contribution in [0.25, 0.3) is 16.7 Å². The summed E-state index contributed by atoms with van der Waals surface area (Å²) in [6.45, 7) is 3.66. The molecule has 4 aromatic rings. The second-order valence-corrected chi connectivity index (χ2v) is 8.49. The second kappa shape index (κ2) is 9.23. The molecule has 32 heavy (non-hydrogen) atoms. The first-order valence-corrected chi connectivity index (χ1v) is 10.9. The molecule has 0 radical (unpaired) electrons. The standard InChI is InChI=1S/C24H22N4O3S/c1-15-8-7-13-25-21(15)28-23(30)19-11-4-5-12-20(19)27-24(28)32-16(2)22(29)26-17-9-6-10-18(14-17)31-3/h4-14,16H,1-3H3,(H,26,29). The van der Waals surface area contributed by atoms with Crippen molar-refractivity contribution in [3.63, 3.8) is 0 Å². The van der Waals surface area contributed by atoms with E-state index >= 15 is 0 Å². The fourth-order valence-electron chi connectivity index (χ4n) is 3.25. The van der Waals surface area contributed by atoms with Crippen LogP contribution in [0.2, 0.25) is 0 Å². The SMILES string of the molecule is COc1cccc(NC(=O)C(C)Sc2nc3ccccc3c(=O)n2-c2ncccc2C)c1. The van der Waals surface area contributed by atoms with Crippen molar-refractivity contribution < 1.29 is 9.53 Å². The maximum absolute atomic E-state index is 13.4. The summed E-state index contributed by atoms with van der Waals surface area (Å²) < 4.78 is 6.69. The van der Waals surface area contributed by atoms with Crippen LogP contribution in [0.1, 0.15) is 12.5 Å². The Bertz CT molecular complexity index is 1350. The molecule has 0 spiro atoms. The molecule has 4 rings (SSSR count). The molecule has 7 nitrogen and oxygen atoms in total. The molecular weight excluding hydrogens is 424 g/mol. The number of hydrogen-bond donors (Lipinski definition) is 1. The van der Waals surface area contributed by atoms with E-state index in [-0.39, 0.29) is 11.5 Å². The molecule has 1 amide bonds. The lowest BCUT2D eigenvalue weighted by Gasteiger charge is -2.17. The highest BCUT2D eigenvalue weighted by Crippen LogP contribution is 2.26. The van der Waals surface area contributed by atoms with Crippen LogP contribution in [0, 0.1) is 6.92 Å². The Kier molecular flexibility index (Phi) is 6.23. The molecular formula is C24H22N4O3S. The quantitative estimate of drug-likeness (QED) is 0.353. The maximum atomic E-state index is 13.4. The lowest BCUT2D eigenvalue weighted by molar-refractivity contribution is -0.115. The summed E-state index contributed by atoms with van der Waals surface area (Å²) >= 11 is 1.21. The van der Waals surface area contributed by atoms with Gasteiger partial charge in [0.1, 0.15) is 11.6 Å². The van der Waals surface area contributed by atoms with E-state index in [0.717, 1.165) is 5.56 Å². The first kappa shape index (κ1) is 21.6. The predicted octanol–water partition coefficient (Wildman–Crippen LogP) is 4.22. The number of nitrogens with one attached hydrogen (secondary N) is 1. The summed E-state index contributed by atoms with van der Waals surface area (Å²) in [7, 11) is 1.57. The number of aryl methyl sites for hydroxylation is 1. The molecule has 1 atom stereocenters. The number of methoxy groups -OCH3 is 1. The van der Waals surface area contributed by atoms with Gasteiger partial charge in [-0.1, -0.05) is 36.0 Å². The third kappa shape index (κ3) is 4.36. The van der Waals surface area contributed by atoms with E-state index in [1.807, 2.05) is 25.1 Å². The number of thioether (sulfide) groups is 1. The number of hydrogen-bond acceptors (Lipinski definition) is 6. The molecule has 0 aliphatic heterocycles. The summed E-state index contributed by atoms with van der Waals surface area (Å²) in [5, 5.41) is 3.27. The first-order chi connectivity index (χ1) is 15.5. The smallest absolute Gasteiger partial charge is 0.267 e. The number of fused-ring (bicyclic) bond motifs is 1. The summed E-state index contributed by atoms with van der Waals surface area (Å²) in [5.74, 6) is 0.937. The van der Waals surface area contributed by atoms with Gasteiger partial charge in [-0.3, -0.25) is 9.59 Å². The van der Waals surface area contributed by atoms with Gasteiger partial charge in [0, 0.05) is 18.0 Å². The minimum Gasteiger partial charge on any atom is -0.497 e. The Hall–Kier alpha value is -3.65. The van der Waals surface area contributed by atoms with E-state index in [0.29, 0.717) is 33.3 Å². The Balaban J connectivity index is 1.71. The van der Waals surface area contributed by atoms with Crippen LogP contribution in [-0.4, -0.2) is 32.8 Å². The zero-order valence-corrected chi connectivity index (χ0v) is 18.7. The molecule has 0 aliphatic carbocycles. The van der Waals surface area contributed by atoms with E-state index < -0.39 is 5.25 Å². The number of benzene rings is 2. The molecule has 0 saturated carbocycles. The van der Waals surface area contributed by atoms with Gasteiger partial charge >= 0.3 is 0 Å². The number of rotatable bonds is 6. The van der Waals surface area contributed by atoms with E-state index in [2.05, 4.69) is 10.3 Å². The number of anilines is 1. The molecule has 1 unspecified atom stereocenters. The van der Waals surface area contributed by atoms with Crippen LogP contribution in [0.4, 0.5) is 5.69 Å². The number of pyridine rings is 1. The normalized spacial score (nSPS) is 11.8. The van der Waals surface area contributed by atoms with E-state index in [9.17, 15) is 9.59 Å². The van der Waals surface area contributed by atoms with Gasteiger partial charge < -0.3 is 10.1 Å². The number of ether oxygens (including phenoxy) is 1. The van der Waals surface area contributed by atoms with Crippen molar-refractivity contribution in [3.8, 4) is 11.6 Å². The molecule has 0 saturated heterocycles. The average molecular weight is 447 g/mol. The number of carbonyl (C=O) groups is 1. The fraction of sp³-hybridized carbons (Fsp3) is 0.167. The fourth-order valence-corrected chi connectivity index (χ4v) is 4.15. The van der Waals surface area contributed by atoms with Crippen molar-refractivity contribution in [2.45, 2.75) is 24.3 Å². The van der Waals surface area contributed by atoms with Crippen molar-refractivity contribution in [2.24, 2.45) is 0 Å². The number of carbonyl (C=O) groups excluding carboxylic acids is 1. The average Bonchev–Trinajstić information content (AvgIpc) is 2.80. The van der Waals surface area contributed by atoms with Crippen LogP contribution >= 0.6 is 11.8 Å². The van der Waals surface area contributed by atoms with Gasteiger partial charge in [0.15, 0.2) is 5.16 Å². The molecule has 1 N–H and O–H groups in total. The van der Waals surface area contributed by atoms with Gasteiger partial charge in [-0.2, -0.15) is 0 Å². The van der Waals surface area contributed by atoms with Crippen molar-refractivity contribution in [1.82, 2.24) is 14.5 Å². The number of para-hydroxylation sites is 1. The molecule has 8 heteroatoms. The Morgan fingerprint density at radius 3 is 2.72 bits per heavy atom. The van der Waals surface area contributed by atoms with Crippen LogP contribution in [-0.2, 0) is 4.79 Å². The van der Waals surface area contributed by atoms with Crippen molar-refractivity contribution in [1.29, 1.82) is 0 Å². The number of amides is 1. The molecule has 2 aromatic heterocycles. The summed E-state index contributed by atoms with van der Waals surface area (Å²) in [6.07, 6.45) is 1.64. The zero-order chi connectivity index (χ0) is 22.7. The third-order valence-electron chi connectivity index (χ3n) is 4.93. The van der Waals surface area contributed by atoms with Gasteiger partial charge in [-0.25, -0.2) is 14.5 Å². The maximum Gasteiger partial charge on any atom is 0.267 e. The lowest BCUT2D eigenvalue weighted by atomic mass is 10.2. The summed E-state index contributed by atoms with van der Waals surface area (Å²) in [6, 6.07) is 18.0. The molecule has 0 bridgehead atoms. The highest BCUT2D eigenvalue weighted by molar-refractivity contribution is 8.00. The lowest BCUT2D eigenvalue weighted by Crippen LogP contribution is -2.27. The predicted molar refractivity (Wildman–Crippen MR) is 127 cm³/mol. The van der Waals surface area contributed by atoms with Crippen LogP contribution in [0.3, 0.4) is 0 Å². The van der Waals surface area contributed by atoms with Crippen molar-refractivity contribution in [3.05, 3.63) is 82.8 Å². The Morgan fingerprint density at radius 1 is 1.12 bits per heavy atom. The van der Waals surface area contributed by atoms with Gasteiger partial charge in [0.25, 0.3) is 5.56 Å². The van der Waals surface area contributed by atoms with Crippen molar-refractivity contribution >= 4 is 34.3 Å². The van der Waals surface area contributed by atoms with Gasteiger partial charge in [-0.15, -0.1) is 0 Å². The minimum absolute atomic E-state index is 0.213. The van der Waals surface area contributed by atoms with E-state index in [4.69, 9.17) is 9.72 Å². The first-order valence-electron chi connectivity index (χ1n) is 10.0. The second-order valence-electron chi connectivity index (χ2n) is 7.18. The van der Waals surface area contributed by atoms with E-state index in [1.165, 1.54) is 16.3 Å². The highest BCUT2D eigenvalue weighted by Gasteiger charge is 2.21. The van der Waals surface area contributed by atoms with Crippen LogP contribution in [0.15, 0.2) is 76.8 Å². The summed E-state index contributed by atoms with van der Waals surface area (Å²) in [5.41, 5.74) is 1.82. The topological polar surface area (TPSA) is 86.1 Å². The van der Waals surface area contributed by atoms with E-state index in [1.54, 1.807) is 62.7 Å². The molecule has 0 fully saturated rings. The third-order valence-corrected chi connectivity index (χ3v) is 5.98. The highest BCUT2D eigenvalue weighted by atomic mass is 32.2. The monoisotopic (exact) mass is 446 g/mol. The molecule has 2 aromatic carbocycles. The molecule has 162 valence electrons. The zero-order valence-electron chi connectivity index (χ0n) is 17.9. The number of aromatic nitrogens is 3. The van der Waals surface area contributed by atoms with Gasteiger partial charge in [0.2, 0.25) is 5.91 Å². The van der Waals surface area contributed by atoms with Crippen LogP contribution < -0.4 is 15.6 Å². The molecule has 0 aliphatic rings. The van der Waals surface area contributed by atoms with Crippen LogP contribution in [0.5, 0.6) is 5.75 Å². The minimum atomic E-state index is -0.524. The number of nitrogens with zero attached hydrogens (tertiary/aromatic N) is 3. The largest absolute Gasteiger partial charge is 0.497 e.